The molecule has 3 rings (SSSR count). The number of rotatable bonds is 4. The van der Waals surface area contributed by atoms with E-state index in [0.29, 0.717) is 15.4 Å². The molecular formula is C18H16F3N3O2S2. The van der Waals surface area contributed by atoms with Crippen LogP contribution in [-0.4, -0.2) is 21.2 Å². The summed E-state index contributed by atoms with van der Waals surface area (Å²) in [7, 11) is 1.59. The van der Waals surface area contributed by atoms with Crippen molar-refractivity contribution in [2.75, 3.05) is 11.1 Å². The number of nitrogens with zero attached hydrogens (tertiary/aromatic N) is 2. The van der Waals surface area contributed by atoms with E-state index >= 15 is 0 Å². The first-order valence-electron chi connectivity index (χ1n) is 8.14. The molecule has 148 valence electrons. The van der Waals surface area contributed by atoms with Gasteiger partial charge < -0.3 is 5.32 Å². The minimum absolute atomic E-state index is 0.0316. The number of fused-ring (bicyclic) bond motifs is 1. The molecule has 0 aliphatic carbocycles. The molecule has 10 heteroatoms. The molecule has 0 aliphatic heterocycles. The van der Waals surface area contributed by atoms with E-state index in [4.69, 9.17) is 0 Å². The number of halogens is 3. The van der Waals surface area contributed by atoms with Gasteiger partial charge in [0, 0.05) is 17.6 Å². The zero-order valence-corrected chi connectivity index (χ0v) is 16.8. The first kappa shape index (κ1) is 20.4. The smallest absolute Gasteiger partial charge is 0.325 e. The third-order valence-corrected chi connectivity index (χ3v) is 6.33. The standard InChI is InChI=1S/C18H16F3N3O2S2/c1-9-10(2)28-15-14(9)16(26)24(3)17(23-15)27-8-13(25)22-12-6-4-11(5-7-12)18(19,20)21/h4-7H,8H2,1-3H3,(H,22,25). The summed E-state index contributed by atoms with van der Waals surface area (Å²) in [4.78, 5) is 30.8. The summed E-state index contributed by atoms with van der Waals surface area (Å²) in [5.41, 5.74) is 0.219. The van der Waals surface area contributed by atoms with Crippen molar-refractivity contribution in [2.45, 2.75) is 25.2 Å². The Labute approximate surface area is 166 Å². The normalized spacial score (nSPS) is 11.8. The van der Waals surface area contributed by atoms with Gasteiger partial charge in [0.05, 0.1) is 16.7 Å². The molecule has 28 heavy (non-hydrogen) atoms. The number of hydrogen-bond acceptors (Lipinski definition) is 5. The lowest BCUT2D eigenvalue weighted by molar-refractivity contribution is -0.137. The van der Waals surface area contributed by atoms with Crippen LogP contribution in [0.5, 0.6) is 0 Å². The minimum Gasteiger partial charge on any atom is -0.325 e. The fourth-order valence-electron chi connectivity index (χ4n) is 2.55. The second-order valence-electron chi connectivity index (χ2n) is 6.13. The third kappa shape index (κ3) is 4.07. The van der Waals surface area contributed by atoms with Crippen molar-refractivity contribution >= 4 is 44.9 Å². The number of benzene rings is 1. The van der Waals surface area contributed by atoms with Gasteiger partial charge in [-0.3, -0.25) is 14.2 Å². The monoisotopic (exact) mass is 427 g/mol. The van der Waals surface area contributed by atoms with Crippen LogP contribution >= 0.6 is 23.1 Å². The van der Waals surface area contributed by atoms with Crippen LogP contribution in [-0.2, 0) is 18.0 Å². The number of hydrogen-bond donors (Lipinski definition) is 1. The molecule has 3 aromatic rings. The Bertz CT molecular complexity index is 1100. The molecule has 0 saturated carbocycles. The molecule has 5 nitrogen and oxygen atoms in total. The highest BCUT2D eigenvalue weighted by Gasteiger charge is 2.30. The van der Waals surface area contributed by atoms with Crippen LogP contribution in [0, 0.1) is 13.8 Å². The average molecular weight is 427 g/mol. The molecule has 2 aromatic heterocycles. The zero-order valence-electron chi connectivity index (χ0n) is 15.2. The van der Waals surface area contributed by atoms with Crippen molar-refractivity contribution < 1.29 is 18.0 Å². The molecule has 1 N–H and O–H groups in total. The molecule has 0 aliphatic rings. The molecule has 2 heterocycles. The van der Waals surface area contributed by atoms with Crippen molar-refractivity contribution in [2.24, 2.45) is 7.05 Å². The number of nitrogens with one attached hydrogen (secondary N) is 1. The molecule has 0 unspecified atom stereocenters. The molecule has 0 radical (unpaired) electrons. The highest BCUT2D eigenvalue weighted by molar-refractivity contribution is 7.99. The number of thiophene rings is 1. The van der Waals surface area contributed by atoms with E-state index in [1.807, 2.05) is 13.8 Å². The van der Waals surface area contributed by atoms with Gasteiger partial charge in [0.1, 0.15) is 4.83 Å². The average Bonchev–Trinajstić information content (AvgIpc) is 2.90. The van der Waals surface area contributed by atoms with E-state index in [1.165, 1.54) is 28.0 Å². The number of amides is 1. The number of aryl methyl sites for hydroxylation is 2. The predicted molar refractivity (Wildman–Crippen MR) is 105 cm³/mol. The van der Waals surface area contributed by atoms with E-state index in [9.17, 15) is 22.8 Å². The zero-order chi connectivity index (χ0) is 20.6. The maximum absolute atomic E-state index is 12.6. The van der Waals surface area contributed by atoms with Crippen LogP contribution in [0.2, 0.25) is 0 Å². The summed E-state index contributed by atoms with van der Waals surface area (Å²) >= 11 is 2.52. The number of alkyl halides is 3. The van der Waals surface area contributed by atoms with E-state index in [1.54, 1.807) is 7.05 Å². The Morgan fingerprint density at radius 2 is 1.89 bits per heavy atom. The van der Waals surface area contributed by atoms with E-state index in [2.05, 4.69) is 10.3 Å². The van der Waals surface area contributed by atoms with Crippen molar-refractivity contribution in [1.29, 1.82) is 0 Å². The Kier molecular flexibility index (Phi) is 5.53. The predicted octanol–water partition coefficient (Wildman–Crippen LogP) is 4.36. The maximum Gasteiger partial charge on any atom is 0.416 e. The summed E-state index contributed by atoms with van der Waals surface area (Å²) in [6, 6.07) is 4.21. The van der Waals surface area contributed by atoms with Gasteiger partial charge in [0.25, 0.3) is 5.56 Å². The fourth-order valence-corrected chi connectivity index (χ4v) is 4.40. The van der Waals surface area contributed by atoms with Crippen LogP contribution < -0.4 is 10.9 Å². The van der Waals surface area contributed by atoms with Crippen LogP contribution in [0.25, 0.3) is 10.2 Å². The lowest BCUT2D eigenvalue weighted by Gasteiger charge is -2.09. The van der Waals surface area contributed by atoms with Crippen LogP contribution in [0.15, 0.2) is 34.2 Å². The maximum atomic E-state index is 12.6. The second-order valence-corrected chi connectivity index (χ2v) is 8.28. The summed E-state index contributed by atoms with van der Waals surface area (Å²) in [5.74, 6) is -0.437. The lowest BCUT2D eigenvalue weighted by Crippen LogP contribution is -2.21. The van der Waals surface area contributed by atoms with Gasteiger partial charge in [-0.05, 0) is 43.7 Å². The molecule has 0 spiro atoms. The second kappa shape index (κ2) is 7.59. The van der Waals surface area contributed by atoms with Gasteiger partial charge in [-0.25, -0.2) is 4.98 Å². The quantitative estimate of drug-likeness (QED) is 0.496. The Balaban J connectivity index is 1.71. The summed E-state index contributed by atoms with van der Waals surface area (Å²) in [5, 5.41) is 3.53. The van der Waals surface area contributed by atoms with Crippen molar-refractivity contribution in [3.8, 4) is 0 Å². The lowest BCUT2D eigenvalue weighted by atomic mass is 10.2. The Morgan fingerprint density at radius 1 is 1.25 bits per heavy atom. The summed E-state index contributed by atoms with van der Waals surface area (Å²) in [6.45, 7) is 3.80. The first-order chi connectivity index (χ1) is 13.1. The molecule has 0 fully saturated rings. The SMILES string of the molecule is Cc1sc2nc(SCC(=O)Nc3ccc(C(F)(F)F)cc3)n(C)c(=O)c2c1C. The number of aromatic nitrogens is 2. The molecule has 0 saturated heterocycles. The van der Waals surface area contributed by atoms with Gasteiger partial charge in [-0.1, -0.05) is 11.8 Å². The van der Waals surface area contributed by atoms with Crippen LogP contribution in [0.4, 0.5) is 18.9 Å². The molecule has 1 aromatic carbocycles. The largest absolute Gasteiger partial charge is 0.416 e. The van der Waals surface area contributed by atoms with Crippen molar-refractivity contribution in [3.05, 3.63) is 50.6 Å². The van der Waals surface area contributed by atoms with Crippen molar-refractivity contribution in [1.82, 2.24) is 9.55 Å². The Hall–Kier alpha value is -2.33. The fraction of sp³-hybridized carbons (Fsp3) is 0.278. The van der Waals surface area contributed by atoms with E-state index < -0.39 is 17.6 Å². The highest BCUT2D eigenvalue weighted by Crippen LogP contribution is 2.30. The summed E-state index contributed by atoms with van der Waals surface area (Å²) < 4.78 is 39.1. The minimum atomic E-state index is -4.42. The number of carbonyl (C=O) groups is 1. The number of thioether (sulfide) groups is 1. The number of anilines is 1. The molecule has 0 bridgehead atoms. The first-order valence-corrected chi connectivity index (χ1v) is 9.94. The van der Waals surface area contributed by atoms with Gasteiger partial charge in [-0.2, -0.15) is 13.2 Å². The molecule has 1 amide bonds. The van der Waals surface area contributed by atoms with Gasteiger partial charge in [0.2, 0.25) is 5.91 Å². The third-order valence-electron chi connectivity index (χ3n) is 4.20. The van der Waals surface area contributed by atoms with Gasteiger partial charge in [-0.15, -0.1) is 11.3 Å². The van der Waals surface area contributed by atoms with E-state index in [-0.39, 0.29) is 17.0 Å². The van der Waals surface area contributed by atoms with Crippen LogP contribution in [0.1, 0.15) is 16.0 Å². The molecular weight excluding hydrogens is 411 g/mol. The highest BCUT2D eigenvalue weighted by atomic mass is 32.2. The van der Waals surface area contributed by atoms with Crippen LogP contribution in [0.3, 0.4) is 0 Å². The van der Waals surface area contributed by atoms with E-state index in [0.717, 1.165) is 34.3 Å². The number of carbonyl (C=O) groups excluding carboxylic acids is 1. The van der Waals surface area contributed by atoms with Gasteiger partial charge in [0.15, 0.2) is 5.16 Å². The summed E-state index contributed by atoms with van der Waals surface area (Å²) in [6.07, 6.45) is -4.42. The van der Waals surface area contributed by atoms with Gasteiger partial charge >= 0.3 is 6.18 Å². The topological polar surface area (TPSA) is 64.0 Å². The van der Waals surface area contributed by atoms with Crippen molar-refractivity contribution in [3.63, 3.8) is 0 Å². The molecule has 0 atom stereocenters. The Morgan fingerprint density at radius 3 is 2.50 bits per heavy atom.